The van der Waals surface area contributed by atoms with E-state index in [-0.39, 0.29) is 12.1 Å². The van der Waals surface area contributed by atoms with Gasteiger partial charge in [0, 0.05) is 25.0 Å². The second-order valence-electron chi connectivity index (χ2n) is 6.19. The van der Waals surface area contributed by atoms with Crippen LogP contribution in [0, 0.1) is 0 Å². The van der Waals surface area contributed by atoms with Crippen LogP contribution in [0.5, 0.6) is 0 Å². The summed E-state index contributed by atoms with van der Waals surface area (Å²) in [5, 5.41) is 0. The highest BCUT2D eigenvalue weighted by Gasteiger charge is 2.44. The molecule has 0 aromatic carbocycles. The number of nitrogens with one attached hydrogen (secondary N) is 1. The molecule has 0 unspecified atom stereocenters. The maximum atomic E-state index is 13.2. The van der Waals surface area contributed by atoms with Crippen molar-refractivity contribution in [1.29, 1.82) is 0 Å². The van der Waals surface area contributed by atoms with Crippen LogP contribution in [0.1, 0.15) is 49.2 Å². The average molecular weight is 335 g/mol. The molecule has 4 heterocycles. The molecule has 2 aromatic rings. The monoisotopic (exact) mass is 335 g/mol. The lowest BCUT2D eigenvalue weighted by Crippen LogP contribution is -2.43. The Morgan fingerprint density at radius 2 is 1.78 bits per heavy atom. The highest BCUT2D eigenvalue weighted by Crippen LogP contribution is 2.40. The van der Waals surface area contributed by atoms with E-state index in [0.29, 0.717) is 13.1 Å². The van der Waals surface area contributed by atoms with E-state index in [4.69, 9.17) is 4.42 Å². The summed E-state index contributed by atoms with van der Waals surface area (Å²) in [4.78, 5) is 3.17. The number of furan rings is 1. The van der Waals surface area contributed by atoms with Crippen molar-refractivity contribution in [2.24, 2.45) is 0 Å². The minimum atomic E-state index is -3.50. The van der Waals surface area contributed by atoms with E-state index in [1.54, 1.807) is 14.9 Å². The number of H-pyrrole nitrogens is 1. The molecule has 6 nitrogen and oxygen atoms in total. The molecular formula is C16H21N3O3S. The van der Waals surface area contributed by atoms with Crippen LogP contribution < -0.4 is 0 Å². The van der Waals surface area contributed by atoms with Gasteiger partial charge in [0.1, 0.15) is 5.76 Å². The van der Waals surface area contributed by atoms with Crippen LogP contribution >= 0.6 is 0 Å². The Balaban J connectivity index is 1.64. The molecule has 4 rings (SSSR count). The summed E-state index contributed by atoms with van der Waals surface area (Å²) in [5.74, 6) is 0.738. The molecule has 2 aliphatic heterocycles. The van der Waals surface area contributed by atoms with E-state index in [1.807, 2.05) is 30.5 Å². The minimum absolute atomic E-state index is 0.0900. The summed E-state index contributed by atoms with van der Waals surface area (Å²) in [5.41, 5.74) is 0.972. The molecule has 2 aromatic heterocycles. The third-order valence-electron chi connectivity index (χ3n) is 4.85. The number of rotatable bonds is 4. The molecule has 124 valence electrons. The van der Waals surface area contributed by atoms with Crippen molar-refractivity contribution in [3.05, 3.63) is 48.2 Å². The third kappa shape index (κ3) is 2.52. The molecule has 2 fully saturated rings. The third-order valence-corrected chi connectivity index (χ3v) is 6.91. The molecule has 2 atom stereocenters. The lowest BCUT2D eigenvalue weighted by Gasteiger charge is -2.31. The summed E-state index contributed by atoms with van der Waals surface area (Å²) < 4.78 is 35.2. The van der Waals surface area contributed by atoms with Crippen LogP contribution in [-0.2, 0) is 10.2 Å². The molecule has 2 saturated heterocycles. The number of aromatic nitrogens is 1. The predicted octanol–water partition coefficient (Wildman–Crippen LogP) is 2.83. The second-order valence-corrected chi connectivity index (χ2v) is 8.02. The van der Waals surface area contributed by atoms with E-state index in [2.05, 4.69) is 4.98 Å². The quantitative estimate of drug-likeness (QED) is 0.934. The van der Waals surface area contributed by atoms with Gasteiger partial charge in [0.05, 0.1) is 18.3 Å². The van der Waals surface area contributed by atoms with Crippen LogP contribution in [0.3, 0.4) is 0 Å². The molecule has 23 heavy (non-hydrogen) atoms. The van der Waals surface area contributed by atoms with Crippen molar-refractivity contribution in [2.45, 2.75) is 37.8 Å². The smallest absolute Gasteiger partial charge is 0.283 e. The lowest BCUT2D eigenvalue weighted by atomic mass is 10.2. The maximum Gasteiger partial charge on any atom is 0.283 e. The van der Waals surface area contributed by atoms with Gasteiger partial charge < -0.3 is 9.40 Å². The van der Waals surface area contributed by atoms with Crippen molar-refractivity contribution >= 4 is 10.2 Å². The Labute approximate surface area is 136 Å². The van der Waals surface area contributed by atoms with E-state index in [9.17, 15) is 8.42 Å². The van der Waals surface area contributed by atoms with Crippen LogP contribution in [0.15, 0.2) is 41.1 Å². The molecule has 0 amide bonds. The molecule has 0 bridgehead atoms. The molecule has 2 aliphatic rings. The first kappa shape index (κ1) is 15.0. The van der Waals surface area contributed by atoms with Crippen molar-refractivity contribution < 1.29 is 12.8 Å². The van der Waals surface area contributed by atoms with Crippen LogP contribution in [0.25, 0.3) is 0 Å². The van der Waals surface area contributed by atoms with Gasteiger partial charge in [-0.05, 0) is 49.9 Å². The maximum absolute atomic E-state index is 13.2. The molecular weight excluding hydrogens is 314 g/mol. The Kier molecular flexibility index (Phi) is 3.79. The van der Waals surface area contributed by atoms with Crippen LogP contribution in [0.4, 0.5) is 0 Å². The van der Waals surface area contributed by atoms with Gasteiger partial charge in [0.15, 0.2) is 0 Å². The lowest BCUT2D eigenvalue weighted by molar-refractivity contribution is 0.293. The SMILES string of the molecule is O=S(=O)(N1CCC[C@@H]1c1ccco1)N1CCC[C@H]1c1ccc[nH]1. The van der Waals surface area contributed by atoms with Gasteiger partial charge in [-0.15, -0.1) is 0 Å². The Morgan fingerprint density at radius 3 is 2.43 bits per heavy atom. The first-order valence-electron chi connectivity index (χ1n) is 8.13. The molecule has 0 spiro atoms. The van der Waals surface area contributed by atoms with Crippen LogP contribution in [0.2, 0.25) is 0 Å². The summed E-state index contributed by atoms with van der Waals surface area (Å²) in [6, 6.07) is 7.29. The van der Waals surface area contributed by atoms with Crippen molar-refractivity contribution in [1.82, 2.24) is 13.6 Å². The average Bonchev–Trinajstić information content (AvgIpc) is 3.35. The normalized spacial score (nSPS) is 27.0. The molecule has 1 N–H and O–H groups in total. The van der Waals surface area contributed by atoms with Gasteiger partial charge in [-0.25, -0.2) is 0 Å². The van der Waals surface area contributed by atoms with Gasteiger partial charge in [0.2, 0.25) is 0 Å². The van der Waals surface area contributed by atoms with Gasteiger partial charge in [0.25, 0.3) is 10.2 Å². The Bertz CT molecular complexity index is 681. The zero-order valence-electron chi connectivity index (χ0n) is 12.9. The van der Waals surface area contributed by atoms with Gasteiger partial charge in [-0.3, -0.25) is 0 Å². The molecule has 0 radical (unpaired) electrons. The van der Waals surface area contributed by atoms with E-state index in [1.165, 1.54) is 0 Å². The second kappa shape index (κ2) is 5.81. The van der Waals surface area contributed by atoms with E-state index in [0.717, 1.165) is 37.1 Å². The van der Waals surface area contributed by atoms with Crippen LogP contribution in [-0.4, -0.2) is 35.1 Å². The zero-order valence-corrected chi connectivity index (χ0v) is 13.7. The summed E-state index contributed by atoms with van der Waals surface area (Å²) in [7, 11) is -3.50. The fourth-order valence-electron chi connectivity index (χ4n) is 3.79. The van der Waals surface area contributed by atoms with Crippen molar-refractivity contribution in [2.75, 3.05) is 13.1 Å². The Morgan fingerprint density at radius 1 is 1.04 bits per heavy atom. The van der Waals surface area contributed by atoms with Gasteiger partial charge in [-0.1, -0.05) is 0 Å². The zero-order chi connectivity index (χ0) is 15.9. The van der Waals surface area contributed by atoms with E-state index < -0.39 is 10.2 Å². The first-order valence-corrected chi connectivity index (χ1v) is 9.53. The fraction of sp³-hybridized carbons (Fsp3) is 0.500. The molecule has 7 heteroatoms. The topological polar surface area (TPSA) is 69.6 Å². The summed E-state index contributed by atoms with van der Waals surface area (Å²) in [6.07, 6.45) is 6.89. The summed E-state index contributed by atoms with van der Waals surface area (Å²) in [6.45, 7) is 1.13. The Hall–Kier alpha value is -1.57. The molecule has 0 aliphatic carbocycles. The van der Waals surface area contributed by atoms with Crippen molar-refractivity contribution in [3.63, 3.8) is 0 Å². The standard InChI is InChI=1S/C16H21N3O3S/c20-23(21,18-10-2-6-14(18)13-5-1-9-17-13)19-11-3-7-15(19)16-8-4-12-22-16/h1,4-5,8-9,12,14-15,17H,2-3,6-7,10-11H2/t14-,15+/m0/s1. The number of aromatic amines is 1. The van der Waals surface area contributed by atoms with E-state index >= 15 is 0 Å². The van der Waals surface area contributed by atoms with Gasteiger partial charge >= 0.3 is 0 Å². The first-order chi connectivity index (χ1) is 11.2. The van der Waals surface area contributed by atoms with Gasteiger partial charge in [-0.2, -0.15) is 17.0 Å². The highest BCUT2D eigenvalue weighted by atomic mass is 32.2. The largest absolute Gasteiger partial charge is 0.468 e. The number of nitrogens with zero attached hydrogens (tertiary/aromatic N) is 2. The number of hydrogen-bond donors (Lipinski definition) is 1. The number of hydrogen-bond acceptors (Lipinski definition) is 3. The molecule has 0 saturated carbocycles. The summed E-state index contributed by atoms with van der Waals surface area (Å²) >= 11 is 0. The van der Waals surface area contributed by atoms with Crippen molar-refractivity contribution in [3.8, 4) is 0 Å². The predicted molar refractivity (Wildman–Crippen MR) is 85.8 cm³/mol. The highest BCUT2D eigenvalue weighted by molar-refractivity contribution is 7.86. The fourth-order valence-corrected chi connectivity index (χ4v) is 5.86. The minimum Gasteiger partial charge on any atom is -0.468 e.